The molecule has 9 aromatic rings. The fourth-order valence-electron chi connectivity index (χ4n) is 7.63. The molecule has 3 heterocycles. The van der Waals surface area contributed by atoms with Crippen molar-refractivity contribution in [3.05, 3.63) is 157 Å². The highest BCUT2D eigenvalue weighted by molar-refractivity contribution is 6.20. The number of nitrogens with zero attached hydrogens (tertiary/aromatic N) is 4. The topological polar surface area (TPSA) is 64.7 Å². The second-order valence-corrected chi connectivity index (χ2v) is 13.5. The van der Waals surface area contributed by atoms with Crippen molar-refractivity contribution in [1.82, 2.24) is 19.9 Å². The van der Waals surface area contributed by atoms with Crippen molar-refractivity contribution < 1.29 is 4.42 Å². The molecule has 0 saturated carbocycles. The molecule has 0 aliphatic heterocycles. The fourth-order valence-corrected chi connectivity index (χ4v) is 7.63. The van der Waals surface area contributed by atoms with Crippen molar-refractivity contribution in [2.45, 2.75) is 19.3 Å². The van der Waals surface area contributed by atoms with E-state index in [4.69, 9.17) is 24.4 Å². The number of para-hydroxylation sites is 1. The minimum atomic E-state index is -0.126. The highest BCUT2D eigenvalue weighted by Gasteiger charge is 2.35. The Morgan fingerprint density at radius 1 is 0.440 bits per heavy atom. The van der Waals surface area contributed by atoms with E-state index < -0.39 is 0 Å². The molecule has 0 radical (unpaired) electrons. The molecule has 1 aliphatic rings. The minimum absolute atomic E-state index is 0.126. The molecule has 236 valence electrons. The molecule has 10 rings (SSSR count). The lowest BCUT2D eigenvalue weighted by atomic mass is 9.82. The zero-order valence-corrected chi connectivity index (χ0v) is 27.6. The SMILES string of the molecule is CC1(C)c2ccccc2-c2ccc(-c3nc(-c4ccccc4)nc(-c4ccc(-c5nc6oc7ccccc7c6c6ccccc56)cc4)n3)cc21. The van der Waals surface area contributed by atoms with Crippen molar-refractivity contribution in [2.24, 2.45) is 0 Å². The molecule has 0 fully saturated rings. The van der Waals surface area contributed by atoms with Crippen LogP contribution in [0.15, 0.2) is 150 Å². The lowest BCUT2D eigenvalue weighted by Gasteiger charge is -2.21. The summed E-state index contributed by atoms with van der Waals surface area (Å²) in [5, 5.41) is 4.32. The second-order valence-electron chi connectivity index (χ2n) is 13.5. The van der Waals surface area contributed by atoms with E-state index in [1.165, 1.54) is 22.3 Å². The molecule has 0 bridgehead atoms. The van der Waals surface area contributed by atoms with Crippen LogP contribution in [0.2, 0.25) is 0 Å². The maximum absolute atomic E-state index is 6.25. The van der Waals surface area contributed by atoms with Gasteiger partial charge >= 0.3 is 0 Å². The van der Waals surface area contributed by atoms with Crippen LogP contribution in [-0.2, 0) is 5.41 Å². The van der Waals surface area contributed by atoms with Gasteiger partial charge in [0.1, 0.15) is 5.58 Å². The van der Waals surface area contributed by atoms with Crippen molar-refractivity contribution in [1.29, 1.82) is 0 Å². The van der Waals surface area contributed by atoms with Crippen molar-refractivity contribution in [2.75, 3.05) is 0 Å². The predicted octanol–water partition coefficient (Wildman–Crippen LogP) is 11.3. The van der Waals surface area contributed by atoms with Crippen LogP contribution in [0.25, 0.3) is 89.4 Å². The lowest BCUT2D eigenvalue weighted by molar-refractivity contribution is 0.655. The Hall–Kier alpha value is -6.46. The van der Waals surface area contributed by atoms with E-state index >= 15 is 0 Å². The molecule has 6 aromatic carbocycles. The van der Waals surface area contributed by atoms with Crippen LogP contribution in [-0.4, -0.2) is 19.9 Å². The zero-order valence-electron chi connectivity index (χ0n) is 27.6. The number of benzene rings is 6. The summed E-state index contributed by atoms with van der Waals surface area (Å²) in [7, 11) is 0. The van der Waals surface area contributed by atoms with E-state index in [0.29, 0.717) is 23.2 Å². The third kappa shape index (κ3) is 4.33. The van der Waals surface area contributed by atoms with Gasteiger partial charge in [-0.2, -0.15) is 0 Å². The van der Waals surface area contributed by atoms with Gasteiger partial charge in [0, 0.05) is 38.4 Å². The third-order valence-electron chi connectivity index (χ3n) is 10.2. The van der Waals surface area contributed by atoms with Crippen molar-refractivity contribution in [3.63, 3.8) is 0 Å². The summed E-state index contributed by atoms with van der Waals surface area (Å²) in [4.78, 5) is 20.2. The monoisotopic (exact) mass is 642 g/mol. The average Bonchev–Trinajstić information content (AvgIpc) is 3.66. The Bertz CT molecular complexity index is 2780. The molecule has 0 amide bonds. The molecular weight excluding hydrogens is 613 g/mol. The van der Waals surface area contributed by atoms with E-state index in [1.807, 2.05) is 48.5 Å². The van der Waals surface area contributed by atoms with Gasteiger partial charge in [0.15, 0.2) is 17.5 Å². The zero-order chi connectivity index (χ0) is 33.4. The molecule has 50 heavy (non-hydrogen) atoms. The molecule has 0 N–H and O–H groups in total. The Balaban J connectivity index is 1.10. The highest BCUT2D eigenvalue weighted by Crippen LogP contribution is 2.49. The molecule has 0 atom stereocenters. The largest absolute Gasteiger partial charge is 0.438 e. The predicted molar refractivity (Wildman–Crippen MR) is 202 cm³/mol. The standard InChI is InChI=1S/C45H30N4O/c1-45(2)36-18-10-8-14-31(36)32-25-24-30(26-37(32)45)43-48-41(28-12-4-3-5-13-28)47-42(49-43)29-22-20-27(21-23-29)40-34-16-7-6-15-33(34)39-35-17-9-11-19-38(35)50-44(39)46-40/h3-26H,1-2H3. The molecule has 0 unspecified atom stereocenters. The van der Waals surface area contributed by atoms with Crippen molar-refractivity contribution >= 4 is 32.8 Å². The highest BCUT2D eigenvalue weighted by atomic mass is 16.3. The van der Waals surface area contributed by atoms with E-state index in [1.54, 1.807) is 0 Å². The fraction of sp³-hybridized carbons (Fsp3) is 0.0667. The van der Waals surface area contributed by atoms with Crippen LogP contribution in [0, 0.1) is 0 Å². The molecule has 5 heteroatoms. The summed E-state index contributed by atoms with van der Waals surface area (Å²) in [6.07, 6.45) is 0. The quantitative estimate of drug-likeness (QED) is 0.191. The van der Waals surface area contributed by atoms with Gasteiger partial charge in [0.2, 0.25) is 5.71 Å². The van der Waals surface area contributed by atoms with Crippen LogP contribution in [0.3, 0.4) is 0 Å². The number of furan rings is 1. The van der Waals surface area contributed by atoms with Crippen molar-refractivity contribution in [3.8, 4) is 56.5 Å². The minimum Gasteiger partial charge on any atom is -0.438 e. The van der Waals surface area contributed by atoms with Gasteiger partial charge in [-0.25, -0.2) is 19.9 Å². The Labute approximate surface area is 289 Å². The number of hydrogen-bond donors (Lipinski definition) is 0. The summed E-state index contributed by atoms with van der Waals surface area (Å²) < 4.78 is 6.25. The maximum Gasteiger partial charge on any atom is 0.228 e. The summed E-state index contributed by atoms with van der Waals surface area (Å²) in [6, 6.07) is 50.3. The molecular formula is C45H30N4O. The maximum atomic E-state index is 6.25. The summed E-state index contributed by atoms with van der Waals surface area (Å²) in [5.74, 6) is 1.91. The number of pyridine rings is 1. The van der Waals surface area contributed by atoms with Gasteiger partial charge in [-0.3, -0.25) is 0 Å². The van der Waals surface area contributed by atoms with E-state index in [2.05, 4.69) is 111 Å². The van der Waals surface area contributed by atoms with E-state index in [9.17, 15) is 0 Å². The first-order valence-electron chi connectivity index (χ1n) is 16.9. The van der Waals surface area contributed by atoms with Crippen LogP contribution in [0.5, 0.6) is 0 Å². The van der Waals surface area contributed by atoms with Crippen LogP contribution >= 0.6 is 0 Å². The average molecular weight is 643 g/mol. The number of hydrogen-bond acceptors (Lipinski definition) is 5. The first-order valence-corrected chi connectivity index (χ1v) is 16.9. The smallest absolute Gasteiger partial charge is 0.228 e. The summed E-state index contributed by atoms with van der Waals surface area (Å²) >= 11 is 0. The second kappa shape index (κ2) is 10.8. The third-order valence-corrected chi connectivity index (χ3v) is 10.2. The first-order chi connectivity index (χ1) is 24.5. The lowest BCUT2D eigenvalue weighted by Crippen LogP contribution is -2.15. The van der Waals surface area contributed by atoms with Gasteiger partial charge in [-0.15, -0.1) is 0 Å². The first kappa shape index (κ1) is 28.5. The molecule has 0 saturated heterocycles. The molecule has 3 aromatic heterocycles. The van der Waals surface area contributed by atoms with Gasteiger partial charge in [-0.05, 0) is 39.8 Å². The van der Waals surface area contributed by atoms with Crippen LogP contribution in [0.1, 0.15) is 25.0 Å². The summed E-state index contributed by atoms with van der Waals surface area (Å²) in [6.45, 7) is 4.59. The summed E-state index contributed by atoms with van der Waals surface area (Å²) in [5.41, 5.74) is 11.2. The van der Waals surface area contributed by atoms with Gasteiger partial charge in [-0.1, -0.05) is 147 Å². The van der Waals surface area contributed by atoms with Gasteiger partial charge in [0.05, 0.1) is 11.1 Å². The Morgan fingerprint density at radius 3 is 1.78 bits per heavy atom. The number of rotatable bonds is 4. The number of fused-ring (bicyclic) bond motifs is 8. The normalized spacial score (nSPS) is 13.2. The van der Waals surface area contributed by atoms with Crippen LogP contribution in [0.4, 0.5) is 0 Å². The molecule has 0 spiro atoms. The van der Waals surface area contributed by atoms with E-state index in [-0.39, 0.29) is 5.41 Å². The molecule has 5 nitrogen and oxygen atoms in total. The Morgan fingerprint density at radius 2 is 1.00 bits per heavy atom. The molecule has 1 aliphatic carbocycles. The van der Waals surface area contributed by atoms with E-state index in [0.717, 1.165) is 55.1 Å². The van der Waals surface area contributed by atoms with Gasteiger partial charge in [0.25, 0.3) is 0 Å². The van der Waals surface area contributed by atoms with Crippen LogP contribution < -0.4 is 0 Å². The van der Waals surface area contributed by atoms with Gasteiger partial charge < -0.3 is 4.42 Å². The Kier molecular flexibility index (Phi) is 6.15. The number of aromatic nitrogens is 4.